The van der Waals surface area contributed by atoms with Crippen molar-refractivity contribution in [2.75, 3.05) is 18.0 Å². The highest BCUT2D eigenvalue weighted by Crippen LogP contribution is 2.35. The summed E-state index contributed by atoms with van der Waals surface area (Å²) in [6.45, 7) is 8.84. The van der Waals surface area contributed by atoms with Crippen molar-refractivity contribution in [1.82, 2.24) is 9.97 Å². The third-order valence-electron chi connectivity index (χ3n) is 4.04. The molecule has 0 N–H and O–H groups in total. The number of piperidine rings is 1. The van der Waals surface area contributed by atoms with E-state index in [1.807, 2.05) is 6.92 Å². The number of anilines is 1. The van der Waals surface area contributed by atoms with Gasteiger partial charge in [0.1, 0.15) is 5.82 Å². The van der Waals surface area contributed by atoms with Crippen LogP contribution in [-0.4, -0.2) is 23.1 Å². The van der Waals surface area contributed by atoms with Crippen molar-refractivity contribution in [2.24, 2.45) is 5.41 Å². The van der Waals surface area contributed by atoms with Crippen molar-refractivity contribution >= 4 is 17.4 Å². The lowest BCUT2D eigenvalue weighted by molar-refractivity contribution is 0.237. The number of hydrogen-bond donors (Lipinski definition) is 0. The third kappa shape index (κ3) is 2.71. The first-order valence-corrected chi connectivity index (χ1v) is 6.66. The third-order valence-corrected chi connectivity index (χ3v) is 4.22. The topological polar surface area (TPSA) is 29.0 Å². The molecule has 0 atom stereocenters. The normalized spacial score (nSPS) is 19.4. The van der Waals surface area contributed by atoms with Crippen LogP contribution in [0.5, 0.6) is 0 Å². The Morgan fingerprint density at radius 3 is 2.65 bits per heavy atom. The molecule has 0 bridgehead atoms. The van der Waals surface area contributed by atoms with Crippen molar-refractivity contribution in [2.45, 2.75) is 40.0 Å². The van der Waals surface area contributed by atoms with Crippen LogP contribution in [0.2, 0.25) is 5.28 Å². The van der Waals surface area contributed by atoms with Crippen LogP contribution in [-0.2, 0) is 0 Å². The van der Waals surface area contributed by atoms with Crippen molar-refractivity contribution in [3.8, 4) is 0 Å². The summed E-state index contributed by atoms with van der Waals surface area (Å²) in [4.78, 5) is 10.7. The molecule has 1 aliphatic heterocycles. The highest BCUT2D eigenvalue weighted by molar-refractivity contribution is 6.28. The minimum absolute atomic E-state index is 0.342. The van der Waals surface area contributed by atoms with Crippen molar-refractivity contribution in [1.29, 1.82) is 0 Å². The van der Waals surface area contributed by atoms with E-state index >= 15 is 0 Å². The molecule has 3 nitrogen and oxygen atoms in total. The van der Waals surface area contributed by atoms with Crippen LogP contribution in [0.4, 0.5) is 5.82 Å². The molecule has 1 aromatic heterocycles. The smallest absolute Gasteiger partial charge is 0.224 e. The summed E-state index contributed by atoms with van der Waals surface area (Å²) in [5.41, 5.74) is 1.61. The number of aromatic nitrogens is 2. The lowest BCUT2D eigenvalue weighted by atomic mass is 9.78. The molecule has 0 saturated carbocycles. The number of rotatable bonds is 2. The van der Waals surface area contributed by atoms with E-state index in [-0.39, 0.29) is 0 Å². The average molecular weight is 254 g/mol. The SMILES string of the molecule is CCC1(C)CCN(c2nc(Cl)ncc2C)CC1. The number of hydrogen-bond acceptors (Lipinski definition) is 3. The van der Waals surface area contributed by atoms with Gasteiger partial charge in [0.25, 0.3) is 0 Å². The summed E-state index contributed by atoms with van der Waals surface area (Å²) in [6.07, 6.45) is 5.51. The molecule has 0 aliphatic carbocycles. The zero-order chi connectivity index (χ0) is 12.5. The first-order chi connectivity index (χ1) is 8.04. The van der Waals surface area contributed by atoms with Gasteiger partial charge in [0.2, 0.25) is 5.28 Å². The molecule has 17 heavy (non-hydrogen) atoms. The lowest BCUT2D eigenvalue weighted by Gasteiger charge is -2.39. The number of nitrogens with zero attached hydrogens (tertiary/aromatic N) is 3. The predicted molar refractivity (Wildman–Crippen MR) is 71.6 cm³/mol. The molecule has 0 unspecified atom stereocenters. The summed E-state index contributed by atoms with van der Waals surface area (Å²) >= 11 is 5.87. The van der Waals surface area contributed by atoms with Gasteiger partial charge < -0.3 is 4.90 Å². The van der Waals surface area contributed by atoms with E-state index in [1.165, 1.54) is 19.3 Å². The van der Waals surface area contributed by atoms with Crippen molar-refractivity contribution in [3.63, 3.8) is 0 Å². The lowest BCUT2D eigenvalue weighted by Crippen LogP contribution is -2.39. The minimum atomic E-state index is 0.342. The molecule has 0 aromatic carbocycles. The fourth-order valence-corrected chi connectivity index (χ4v) is 2.47. The van der Waals surface area contributed by atoms with Crippen LogP contribution in [0.25, 0.3) is 0 Å². The maximum atomic E-state index is 5.87. The molecule has 2 heterocycles. The molecule has 94 valence electrons. The summed E-state index contributed by atoms with van der Waals surface area (Å²) in [6, 6.07) is 0. The van der Waals surface area contributed by atoms with E-state index in [0.717, 1.165) is 24.5 Å². The van der Waals surface area contributed by atoms with E-state index in [1.54, 1.807) is 6.20 Å². The highest BCUT2D eigenvalue weighted by Gasteiger charge is 2.29. The molecule has 1 aliphatic rings. The van der Waals surface area contributed by atoms with Crippen molar-refractivity contribution < 1.29 is 0 Å². The Hall–Kier alpha value is -0.830. The Bertz CT molecular complexity index is 398. The van der Waals surface area contributed by atoms with E-state index in [0.29, 0.717) is 10.7 Å². The summed E-state index contributed by atoms with van der Waals surface area (Å²) in [5, 5.41) is 0.342. The maximum absolute atomic E-state index is 5.87. The fourth-order valence-electron chi connectivity index (χ4n) is 2.34. The highest BCUT2D eigenvalue weighted by atomic mass is 35.5. The van der Waals surface area contributed by atoms with Gasteiger partial charge in [-0.15, -0.1) is 0 Å². The first kappa shape index (κ1) is 12.6. The van der Waals surface area contributed by atoms with Gasteiger partial charge in [-0.2, -0.15) is 0 Å². The molecule has 4 heteroatoms. The average Bonchev–Trinajstić information content (AvgIpc) is 2.34. The molecule has 1 saturated heterocycles. The van der Waals surface area contributed by atoms with Crippen LogP contribution in [0.1, 0.15) is 38.7 Å². The monoisotopic (exact) mass is 253 g/mol. The van der Waals surface area contributed by atoms with Crippen LogP contribution < -0.4 is 4.90 Å². The number of aryl methyl sites for hydroxylation is 1. The van der Waals surface area contributed by atoms with E-state index < -0.39 is 0 Å². The zero-order valence-electron chi connectivity index (χ0n) is 10.8. The standard InChI is InChI=1S/C13H20ClN3/c1-4-13(3)5-7-17(8-6-13)11-10(2)9-15-12(14)16-11/h9H,4-8H2,1-3H3. The summed E-state index contributed by atoms with van der Waals surface area (Å²) in [5.74, 6) is 1.00. The predicted octanol–water partition coefficient (Wildman–Crippen LogP) is 3.45. The van der Waals surface area contributed by atoms with Gasteiger partial charge in [0.05, 0.1) is 0 Å². The van der Waals surface area contributed by atoms with Crippen molar-refractivity contribution in [3.05, 3.63) is 17.0 Å². The molecular weight excluding hydrogens is 234 g/mol. The Labute approximate surface area is 108 Å². The fraction of sp³-hybridized carbons (Fsp3) is 0.692. The van der Waals surface area contributed by atoms with Gasteiger partial charge in [0.15, 0.2) is 0 Å². The van der Waals surface area contributed by atoms with Crippen LogP contribution >= 0.6 is 11.6 Å². The quantitative estimate of drug-likeness (QED) is 0.756. The van der Waals surface area contributed by atoms with Gasteiger partial charge in [0, 0.05) is 24.8 Å². The maximum Gasteiger partial charge on any atom is 0.224 e. The van der Waals surface area contributed by atoms with Crippen LogP contribution in [0.15, 0.2) is 6.20 Å². The second-order valence-corrected chi connectivity index (χ2v) is 5.63. The number of halogens is 1. The van der Waals surface area contributed by atoms with Gasteiger partial charge >= 0.3 is 0 Å². The van der Waals surface area contributed by atoms with Crippen LogP contribution in [0.3, 0.4) is 0 Å². The molecule has 2 rings (SSSR count). The molecule has 0 radical (unpaired) electrons. The summed E-state index contributed by atoms with van der Waals surface area (Å²) in [7, 11) is 0. The molecule has 1 fully saturated rings. The first-order valence-electron chi connectivity index (χ1n) is 6.28. The molecule has 0 spiro atoms. The van der Waals surface area contributed by atoms with E-state index in [9.17, 15) is 0 Å². The van der Waals surface area contributed by atoms with Gasteiger partial charge in [-0.05, 0) is 36.8 Å². The van der Waals surface area contributed by atoms with E-state index in [4.69, 9.17) is 11.6 Å². The summed E-state index contributed by atoms with van der Waals surface area (Å²) < 4.78 is 0. The van der Waals surface area contributed by atoms with Crippen LogP contribution in [0, 0.1) is 12.3 Å². The van der Waals surface area contributed by atoms with Gasteiger partial charge in [-0.25, -0.2) is 9.97 Å². The Balaban J connectivity index is 2.13. The molecule has 0 amide bonds. The largest absolute Gasteiger partial charge is 0.356 e. The van der Waals surface area contributed by atoms with Gasteiger partial charge in [-0.1, -0.05) is 20.3 Å². The Morgan fingerprint density at radius 2 is 2.06 bits per heavy atom. The molecular formula is C13H20ClN3. The minimum Gasteiger partial charge on any atom is -0.356 e. The Kier molecular flexibility index (Phi) is 3.57. The Morgan fingerprint density at radius 1 is 1.41 bits per heavy atom. The second kappa shape index (κ2) is 4.81. The zero-order valence-corrected chi connectivity index (χ0v) is 11.6. The second-order valence-electron chi connectivity index (χ2n) is 5.30. The molecule has 1 aromatic rings. The van der Waals surface area contributed by atoms with E-state index in [2.05, 4.69) is 28.7 Å². The van der Waals surface area contributed by atoms with Gasteiger partial charge in [-0.3, -0.25) is 0 Å².